The quantitative estimate of drug-likeness (QED) is 0.659. The van der Waals surface area contributed by atoms with E-state index in [1.165, 1.54) is 0 Å². The molecule has 2 unspecified atom stereocenters. The Hall–Kier alpha value is -2.06. The average Bonchev–Trinajstić information content (AvgIpc) is 3.26. The van der Waals surface area contributed by atoms with E-state index in [9.17, 15) is 9.59 Å². The van der Waals surface area contributed by atoms with Crippen LogP contribution in [0.25, 0.3) is 0 Å². The maximum atomic E-state index is 11.6. The van der Waals surface area contributed by atoms with Gasteiger partial charge in [0.1, 0.15) is 11.5 Å². The van der Waals surface area contributed by atoms with E-state index in [0.29, 0.717) is 6.54 Å². The molecule has 2 aromatic rings. The van der Waals surface area contributed by atoms with Crippen molar-refractivity contribution in [2.45, 2.75) is 25.0 Å². The van der Waals surface area contributed by atoms with Crippen LogP contribution < -0.4 is 14.8 Å². The third-order valence-corrected chi connectivity index (χ3v) is 5.62. The van der Waals surface area contributed by atoms with Crippen molar-refractivity contribution in [2.75, 3.05) is 20.1 Å². The molecule has 0 spiro atoms. The second-order valence-electron chi connectivity index (χ2n) is 6.75. The summed E-state index contributed by atoms with van der Waals surface area (Å²) in [5, 5.41) is 2.73. The summed E-state index contributed by atoms with van der Waals surface area (Å²) in [7, 11) is 1.80. The topological polar surface area (TPSA) is 67.9 Å². The highest BCUT2D eigenvalue weighted by atomic mass is 79.9. The largest absolute Gasteiger partial charge is 0.481 e. The molecule has 2 amide bonds. The maximum absolute atomic E-state index is 11.6. The van der Waals surface area contributed by atoms with Crippen LogP contribution in [0.15, 0.2) is 57.5 Å². The smallest absolute Gasteiger partial charge is 0.263 e. The molecular weight excluding hydrogens is 504 g/mol. The number of carbonyl (C=O) groups excluding carboxylic acids is 2. The van der Waals surface area contributed by atoms with E-state index in [1.807, 2.05) is 48.5 Å². The van der Waals surface area contributed by atoms with Crippen LogP contribution in [-0.4, -0.2) is 49.1 Å². The van der Waals surface area contributed by atoms with Crippen molar-refractivity contribution in [3.63, 3.8) is 0 Å². The number of ether oxygens (including phenoxy) is 2. The number of benzene rings is 2. The summed E-state index contributed by atoms with van der Waals surface area (Å²) in [5.74, 6) is 1.52. The SMILES string of the molecule is CN1CCC(Oc2ccc(Br)cc2)C1=O.O=C1NCCC1Oc1ccc(Br)cc1. The fraction of sp³-hybridized carbons (Fsp3) is 0.333. The number of nitrogens with one attached hydrogen (secondary N) is 1. The molecule has 2 fully saturated rings. The van der Waals surface area contributed by atoms with Gasteiger partial charge in [0, 0.05) is 41.9 Å². The highest BCUT2D eigenvalue weighted by Gasteiger charge is 2.30. The molecule has 0 radical (unpaired) electrons. The first-order valence-corrected chi connectivity index (χ1v) is 10.9. The van der Waals surface area contributed by atoms with Crippen LogP contribution in [0.3, 0.4) is 0 Å². The second kappa shape index (κ2) is 10.1. The van der Waals surface area contributed by atoms with Crippen molar-refractivity contribution in [2.24, 2.45) is 0 Å². The van der Waals surface area contributed by atoms with Crippen LogP contribution >= 0.6 is 31.9 Å². The molecule has 0 aliphatic carbocycles. The summed E-state index contributed by atoms with van der Waals surface area (Å²) in [6.45, 7) is 1.49. The normalized spacial score (nSPS) is 20.7. The van der Waals surface area contributed by atoms with Gasteiger partial charge < -0.3 is 19.7 Å². The highest BCUT2D eigenvalue weighted by Crippen LogP contribution is 2.21. The number of hydrogen-bond donors (Lipinski definition) is 1. The van der Waals surface area contributed by atoms with Crippen molar-refractivity contribution in [1.29, 1.82) is 0 Å². The van der Waals surface area contributed by atoms with E-state index < -0.39 is 0 Å². The van der Waals surface area contributed by atoms with Gasteiger partial charge in [-0.05, 0) is 48.5 Å². The Morgan fingerprint density at radius 1 is 0.862 bits per heavy atom. The molecule has 2 atom stereocenters. The molecule has 2 aromatic carbocycles. The predicted molar refractivity (Wildman–Crippen MR) is 117 cm³/mol. The van der Waals surface area contributed by atoms with Gasteiger partial charge in [0.2, 0.25) is 0 Å². The Kier molecular flexibility index (Phi) is 7.55. The third-order valence-electron chi connectivity index (χ3n) is 4.56. The zero-order chi connectivity index (χ0) is 20.8. The molecule has 1 N–H and O–H groups in total. The summed E-state index contributed by atoms with van der Waals surface area (Å²) >= 11 is 6.68. The lowest BCUT2D eigenvalue weighted by molar-refractivity contribution is -0.132. The Bertz CT molecular complexity index is 843. The first-order valence-electron chi connectivity index (χ1n) is 9.29. The van der Waals surface area contributed by atoms with Gasteiger partial charge in [-0.3, -0.25) is 9.59 Å². The zero-order valence-corrected chi connectivity index (χ0v) is 19.1. The monoisotopic (exact) mass is 524 g/mol. The summed E-state index contributed by atoms with van der Waals surface area (Å²) in [6.07, 6.45) is 0.882. The fourth-order valence-corrected chi connectivity index (χ4v) is 3.47. The van der Waals surface area contributed by atoms with Gasteiger partial charge in [0.05, 0.1) is 0 Å². The lowest BCUT2D eigenvalue weighted by Crippen LogP contribution is -2.29. The minimum atomic E-state index is -0.323. The highest BCUT2D eigenvalue weighted by molar-refractivity contribution is 9.10. The first kappa shape index (κ1) is 21.6. The molecule has 0 bridgehead atoms. The van der Waals surface area contributed by atoms with Gasteiger partial charge in [0.25, 0.3) is 11.8 Å². The average molecular weight is 526 g/mol. The Balaban J connectivity index is 0.000000166. The number of carbonyl (C=O) groups is 2. The van der Waals surface area contributed by atoms with Crippen molar-refractivity contribution in [3.8, 4) is 11.5 Å². The molecule has 154 valence electrons. The van der Waals surface area contributed by atoms with E-state index in [4.69, 9.17) is 9.47 Å². The molecule has 4 rings (SSSR count). The molecule has 2 aliphatic heterocycles. The van der Waals surface area contributed by atoms with Crippen LogP contribution in [0.4, 0.5) is 0 Å². The molecule has 0 aromatic heterocycles. The van der Waals surface area contributed by atoms with E-state index >= 15 is 0 Å². The molecule has 2 aliphatic rings. The number of halogens is 2. The van der Waals surface area contributed by atoms with Gasteiger partial charge in [-0.1, -0.05) is 31.9 Å². The van der Waals surface area contributed by atoms with Crippen molar-refractivity contribution >= 4 is 43.7 Å². The Labute approximate surface area is 186 Å². The molecule has 0 saturated carbocycles. The van der Waals surface area contributed by atoms with Gasteiger partial charge in [-0.2, -0.15) is 0 Å². The molecule has 29 heavy (non-hydrogen) atoms. The summed E-state index contributed by atoms with van der Waals surface area (Å²) < 4.78 is 13.1. The van der Waals surface area contributed by atoms with Gasteiger partial charge in [-0.25, -0.2) is 0 Å². The van der Waals surface area contributed by atoms with Crippen LogP contribution in [-0.2, 0) is 9.59 Å². The first-order chi connectivity index (χ1) is 13.9. The van der Waals surface area contributed by atoms with E-state index in [2.05, 4.69) is 37.2 Å². The summed E-state index contributed by atoms with van der Waals surface area (Å²) in [5.41, 5.74) is 0. The Morgan fingerprint density at radius 2 is 1.38 bits per heavy atom. The fourth-order valence-electron chi connectivity index (χ4n) is 2.94. The standard InChI is InChI=1S/C11H12BrNO2.C10H10BrNO2/c1-13-7-6-10(11(13)14)15-9-4-2-8(12)3-5-9;11-7-1-3-8(4-2-7)14-9-5-6-12-10(9)13/h2-5,10H,6-7H2,1H3;1-4,9H,5-6H2,(H,12,13). The van der Waals surface area contributed by atoms with Crippen LogP contribution in [0.1, 0.15) is 12.8 Å². The molecule has 2 heterocycles. The second-order valence-corrected chi connectivity index (χ2v) is 8.58. The summed E-state index contributed by atoms with van der Waals surface area (Å²) in [6, 6.07) is 15.0. The van der Waals surface area contributed by atoms with Crippen molar-refractivity contribution < 1.29 is 19.1 Å². The van der Waals surface area contributed by atoms with E-state index in [1.54, 1.807) is 11.9 Å². The molecular formula is C21H22Br2N2O4. The van der Waals surface area contributed by atoms with Gasteiger partial charge in [-0.15, -0.1) is 0 Å². The van der Waals surface area contributed by atoms with Crippen molar-refractivity contribution in [1.82, 2.24) is 10.2 Å². The van der Waals surface area contributed by atoms with Crippen molar-refractivity contribution in [3.05, 3.63) is 57.5 Å². The van der Waals surface area contributed by atoms with Gasteiger partial charge in [0.15, 0.2) is 12.2 Å². The summed E-state index contributed by atoms with van der Waals surface area (Å²) in [4.78, 5) is 24.5. The van der Waals surface area contributed by atoms with Gasteiger partial charge >= 0.3 is 0 Å². The zero-order valence-electron chi connectivity index (χ0n) is 15.9. The number of likely N-dealkylation sites (tertiary alicyclic amines) is 1. The molecule has 2 saturated heterocycles. The molecule has 6 nitrogen and oxygen atoms in total. The number of likely N-dealkylation sites (N-methyl/N-ethyl adjacent to an activating group) is 1. The Morgan fingerprint density at radius 3 is 1.79 bits per heavy atom. The van der Waals surface area contributed by atoms with Crippen LogP contribution in [0.2, 0.25) is 0 Å². The van der Waals surface area contributed by atoms with Crippen LogP contribution in [0.5, 0.6) is 11.5 Å². The maximum Gasteiger partial charge on any atom is 0.263 e. The third kappa shape index (κ3) is 6.21. The number of hydrogen-bond acceptors (Lipinski definition) is 4. The molecule has 8 heteroatoms. The van der Waals surface area contributed by atoms with Crippen LogP contribution in [0, 0.1) is 0 Å². The van der Waals surface area contributed by atoms with E-state index in [-0.39, 0.29) is 24.0 Å². The number of nitrogens with zero attached hydrogens (tertiary/aromatic N) is 1. The number of rotatable bonds is 4. The lowest BCUT2D eigenvalue weighted by atomic mass is 10.3. The number of amides is 2. The minimum absolute atomic E-state index is 0.0204. The minimum Gasteiger partial charge on any atom is -0.481 e. The van der Waals surface area contributed by atoms with E-state index in [0.717, 1.165) is 39.8 Å². The predicted octanol–water partition coefficient (Wildman–Crippen LogP) is 3.78. The lowest BCUT2D eigenvalue weighted by Gasteiger charge is -2.12.